The van der Waals surface area contributed by atoms with Crippen LogP contribution in [0.3, 0.4) is 0 Å². The lowest BCUT2D eigenvalue weighted by Gasteiger charge is -2.12. The quantitative estimate of drug-likeness (QED) is 0.912. The third-order valence-corrected chi connectivity index (χ3v) is 6.32. The molecule has 1 unspecified atom stereocenters. The number of aryl methyl sites for hydroxylation is 2. The van der Waals surface area contributed by atoms with E-state index in [9.17, 15) is 0 Å². The first kappa shape index (κ1) is 13.7. The molecule has 2 aromatic heterocycles. The molecule has 0 bridgehead atoms. The Morgan fingerprint density at radius 3 is 3.16 bits per heavy atom. The van der Waals surface area contributed by atoms with E-state index in [1.165, 1.54) is 27.5 Å². The van der Waals surface area contributed by atoms with E-state index in [1.54, 1.807) is 0 Å². The van der Waals surface area contributed by atoms with E-state index in [1.807, 2.05) is 34.0 Å². The van der Waals surface area contributed by atoms with E-state index in [-0.39, 0.29) is 6.04 Å². The van der Waals surface area contributed by atoms with Crippen LogP contribution in [0.15, 0.2) is 16.7 Å². The minimum atomic E-state index is -0.0857. The Bertz CT molecular complexity index is 567. The number of rotatable bonds is 3. The van der Waals surface area contributed by atoms with Gasteiger partial charge in [0.05, 0.1) is 22.4 Å². The van der Waals surface area contributed by atoms with Gasteiger partial charge in [-0.1, -0.05) is 0 Å². The lowest BCUT2D eigenvalue weighted by Crippen LogP contribution is -2.16. The average molecular weight is 358 g/mol. The molecule has 3 nitrogen and oxygen atoms in total. The van der Waals surface area contributed by atoms with Crippen molar-refractivity contribution in [2.45, 2.75) is 31.7 Å². The molecule has 19 heavy (non-hydrogen) atoms. The smallest absolute Gasteiger partial charge is 0.0828 e. The van der Waals surface area contributed by atoms with Crippen LogP contribution in [0.25, 0.3) is 0 Å². The van der Waals surface area contributed by atoms with E-state index in [0.717, 1.165) is 22.5 Å². The standard InChI is InChI=1S/C13H16BrN3S2/c1-2-17-13(9(14)6-16-17)12(15)11-5-8-7-18-4-3-10(8)19-11/h5-6,12H,2-4,7,15H2,1H3. The van der Waals surface area contributed by atoms with Gasteiger partial charge in [0.15, 0.2) is 0 Å². The van der Waals surface area contributed by atoms with Crippen LogP contribution in [-0.4, -0.2) is 15.5 Å². The molecule has 0 saturated carbocycles. The minimum absolute atomic E-state index is 0.0857. The number of thiophene rings is 1. The molecular formula is C13H16BrN3S2. The van der Waals surface area contributed by atoms with Gasteiger partial charge in [-0.05, 0) is 46.7 Å². The molecule has 1 aliphatic heterocycles. The molecule has 1 atom stereocenters. The number of nitrogens with zero attached hydrogens (tertiary/aromatic N) is 2. The summed E-state index contributed by atoms with van der Waals surface area (Å²) in [4.78, 5) is 2.77. The van der Waals surface area contributed by atoms with Gasteiger partial charge >= 0.3 is 0 Å². The van der Waals surface area contributed by atoms with E-state index < -0.39 is 0 Å². The van der Waals surface area contributed by atoms with Crippen LogP contribution in [0.5, 0.6) is 0 Å². The summed E-state index contributed by atoms with van der Waals surface area (Å²) in [6.07, 6.45) is 3.02. The maximum Gasteiger partial charge on any atom is 0.0828 e. The largest absolute Gasteiger partial charge is 0.318 e. The fourth-order valence-corrected chi connectivity index (χ4v) is 5.32. The first-order valence-electron chi connectivity index (χ1n) is 6.36. The Morgan fingerprint density at radius 1 is 1.58 bits per heavy atom. The van der Waals surface area contributed by atoms with Crippen molar-refractivity contribution in [3.8, 4) is 0 Å². The third-order valence-electron chi connectivity index (χ3n) is 3.38. The minimum Gasteiger partial charge on any atom is -0.318 e. The molecule has 6 heteroatoms. The lowest BCUT2D eigenvalue weighted by atomic mass is 10.1. The van der Waals surface area contributed by atoms with Crippen molar-refractivity contribution in [3.05, 3.63) is 37.7 Å². The van der Waals surface area contributed by atoms with Gasteiger partial charge in [-0.2, -0.15) is 16.9 Å². The SMILES string of the molecule is CCn1ncc(Br)c1C(N)c1cc2c(s1)CCSC2. The van der Waals surface area contributed by atoms with Gasteiger partial charge in [0.2, 0.25) is 0 Å². The monoisotopic (exact) mass is 357 g/mol. The van der Waals surface area contributed by atoms with Crippen molar-refractivity contribution in [2.75, 3.05) is 5.75 Å². The van der Waals surface area contributed by atoms with Crippen LogP contribution in [-0.2, 0) is 18.7 Å². The highest BCUT2D eigenvalue weighted by Gasteiger charge is 2.22. The van der Waals surface area contributed by atoms with Gasteiger partial charge in [0.1, 0.15) is 0 Å². The number of thioether (sulfide) groups is 1. The van der Waals surface area contributed by atoms with Crippen molar-refractivity contribution in [2.24, 2.45) is 5.73 Å². The summed E-state index contributed by atoms with van der Waals surface area (Å²) in [5.74, 6) is 2.37. The fourth-order valence-electron chi connectivity index (χ4n) is 2.39. The van der Waals surface area contributed by atoms with Gasteiger partial charge in [0, 0.05) is 22.1 Å². The van der Waals surface area contributed by atoms with Crippen LogP contribution >= 0.6 is 39.0 Å². The summed E-state index contributed by atoms with van der Waals surface area (Å²) in [5.41, 5.74) is 9.02. The topological polar surface area (TPSA) is 43.8 Å². The van der Waals surface area contributed by atoms with Gasteiger partial charge in [-0.25, -0.2) is 0 Å². The summed E-state index contributed by atoms with van der Waals surface area (Å²) in [7, 11) is 0. The summed E-state index contributed by atoms with van der Waals surface area (Å²) in [6.45, 7) is 2.93. The molecule has 0 spiro atoms. The highest BCUT2D eigenvalue weighted by atomic mass is 79.9. The van der Waals surface area contributed by atoms with Crippen LogP contribution in [0.1, 0.15) is 34.0 Å². The predicted octanol–water partition coefficient (Wildman–Crippen LogP) is 3.56. The Hall–Kier alpha value is -0.300. The molecule has 0 saturated heterocycles. The van der Waals surface area contributed by atoms with Gasteiger partial charge in [-0.3, -0.25) is 4.68 Å². The summed E-state index contributed by atoms with van der Waals surface area (Å²) in [6, 6.07) is 2.20. The zero-order valence-corrected chi connectivity index (χ0v) is 13.9. The summed E-state index contributed by atoms with van der Waals surface area (Å²) in [5, 5.41) is 4.35. The Morgan fingerprint density at radius 2 is 2.42 bits per heavy atom. The molecule has 3 heterocycles. The fraction of sp³-hybridized carbons (Fsp3) is 0.462. The van der Waals surface area contributed by atoms with Crippen molar-refractivity contribution >= 4 is 39.0 Å². The highest BCUT2D eigenvalue weighted by Crippen LogP contribution is 2.37. The normalized spacial score (nSPS) is 16.4. The summed E-state index contributed by atoms with van der Waals surface area (Å²) < 4.78 is 2.98. The number of hydrogen-bond acceptors (Lipinski definition) is 4. The van der Waals surface area contributed by atoms with Crippen molar-refractivity contribution in [3.63, 3.8) is 0 Å². The molecule has 1 aliphatic rings. The number of halogens is 1. The highest BCUT2D eigenvalue weighted by molar-refractivity contribution is 9.10. The molecule has 0 fully saturated rings. The molecule has 0 radical (unpaired) electrons. The van der Waals surface area contributed by atoms with Crippen LogP contribution in [0, 0.1) is 0 Å². The molecule has 3 rings (SSSR count). The second-order valence-electron chi connectivity index (χ2n) is 4.57. The molecule has 2 N–H and O–H groups in total. The van der Waals surface area contributed by atoms with Gasteiger partial charge in [0.25, 0.3) is 0 Å². The molecule has 102 valence electrons. The zero-order chi connectivity index (χ0) is 13.4. The average Bonchev–Trinajstić information content (AvgIpc) is 3.01. The first-order chi connectivity index (χ1) is 9.20. The van der Waals surface area contributed by atoms with Gasteiger partial charge < -0.3 is 5.73 Å². The molecular weight excluding hydrogens is 342 g/mol. The Labute approximate surface area is 129 Å². The second kappa shape index (κ2) is 5.60. The lowest BCUT2D eigenvalue weighted by molar-refractivity contribution is 0.602. The van der Waals surface area contributed by atoms with Gasteiger partial charge in [-0.15, -0.1) is 11.3 Å². The maximum absolute atomic E-state index is 6.46. The Balaban J connectivity index is 1.97. The molecule has 0 aliphatic carbocycles. The predicted molar refractivity (Wildman–Crippen MR) is 85.8 cm³/mol. The molecule has 0 amide bonds. The molecule has 0 aromatic carbocycles. The van der Waals surface area contributed by atoms with Crippen molar-refractivity contribution in [1.29, 1.82) is 0 Å². The molecule has 2 aromatic rings. The first-order valence-corrected chi connectivity index (χ1v) is 9.13. The summed E-state index contributed by atoms with van der Waals surface area (Å²) >= 11 is 7.44. The van der Waals surface area contributed by atoms with Crippen LogP contribution in [0.4, 0.5) is 0 Å². The number of aromatic nitrogens is 2. The number of nitrogens with two attached hydrogens (primary N) is 1. The van der Waals surface area contributed by atoms with E-state index in [0.29, 0.717) is 0 Å². The number of fused-ring (bicyclic) bond motifs is 1. The second-order valence-corrected chi connectivity index (χ2v) is 7.70. The third kappa shape index (κ3) is 2.51. The number of hydrogen-bond donors (Lipinski definition) is 1. The van der Waals surface area contributed by atoms with E-state index >= 15 is 0 Å². The Kier molecular flexibility index (Phi) is 4.03. The van der Waals surface area contributed by atoms with Crippen molar-refractivity contribution < 1.29 is 0 Å². The van der Waals surface area contributed by atoms with Crippen LogP contribution in [0.2, 0.25) is 0 Å². The van der Waals surface area contributed by atoms with Crippen LogP contribution < -0.4 is 5.73 Å². The van der Waals surface area contributed by atoms with E-state index in [4.69, 9.17) is 5.73 Å². The maximum atomic E-state index is 6.46. The van der Waals surface area contributed by atoms with Crippen molar-refractivity contribution in [1.82, 2.24) is 9.78 Å². The van der Waals surface area contributed by atoms with E-state index in [2.05, 4.69) is 34.0 Å². The zero-order valence-electron chi connectivity index (χ0n) is 10.7.